The van der Waals surface area contributed by atoms with Crippen molar-refractivity contribution < 1.29 is 14.3 Å². The molecule has 1 aromatic rings. The van der Waals surface area contributed by atoms with Crippen molar-refractivity contribution in [3.8, 4) is 0 Å². The van der Waals surface area contributed by atoms with Gasteiger partial charge in [0.15, 0.2) is 0 Å². The van der Waals surface area contributed by atoms with E-state index in [2.05, 4.69) is 24.1 Å². The van der Waals surface area contributed by atoms with Crippen molar-refractivity contribution in [3.63, 3.8) is 0 Å². The Bertz CT molecular complexity index is 516. The second-order valence-corrected chi connectivity index (χ2v) is 6.62. The molecule has 1 heterocycles. The average Bonchev–Trinajstić information content (AvgIpc) is 2.95. The minimum absolute atomic E-state index is 0.296. The number of thiazole rings is 1. The van der Waals surface area contributed by atoms with Crippen molar-refractivity contribution in [2.75, 3.05) is 13.7 Å². The Hall–Kier alpha value is -1.63. The van der Waals surface area contributed by atoms with Crippen LogP contribution in [0.15, 0.2) is 5.38 Å². The Labute approximate surface area is 142 Å². The van der Waals surface area contributed by atoms with Crippen LogP contribution in [-0.2, 0) is 16.1 Å². The van der Waals surface area contributed by atoms with Crippen molar-refractivity contribution in [2.24, 2.45) is 0 Å². The number of carbonyl (C=O) groups is 2. The third-order valence-corrected chi connectivity index (χ3v) is 4.45. The lowest BCUT2D eigenvalue weighted by Gasteiger charge is -2.21. The van der Waals surface area contributed by atoms with Crippen LogP contribution in [0, 0.1) is 0 Å². The summed E-state index contributed by atoms with van der Waals surface area (Å²) < 4.78 is 5.00. The largest absolute Gasteiger partial charge is 0.464 e. The van der Waals surface area contributed by atoms with Crippen molar-refractivity contribution in [1.82, 2.24) is 15.2 Å². The summed E-state index contributed by atoms with van der Waals surface area (Å²) in [5, 5.41) is 5.77. The van der Waals surface area contributed by atoms with E-state index in [1.165, 1.54) is 4.90 Å². The minimum Gasteiger partial charge on any atom is -0.464 e. The number of urea groups is 1. The third-order valence-electron chi connectivity index (χ3n) is 3.26. The van der Waals surface area contributed by atoms with Crippen molar-refractivity contribution in [3.05, 3.63) is 16.1 Å². The molecule has 0 bridgehead atoms. The van der Waals surface area contributed by atoms with E-state index in [9.17, 15) is 9.59 Å². The van der Waals surface area contributed by atoms with E-state index in [-0.39, 0.29) is 12.0 Å². The van der Waals surface area contributed by atoms with Gasteiger partial charge in [0.1, 0.15) is 6.04 Å². The number of ether oxygens (including phenoxy) is 1. The molecule has 0 fully saturated rings. The number of hydrogen-bond acceptors (Lipinski definition) is 5. The Morgan fingerprint density at radius 2 is 2.09 bits per heavy atom. The zero-order chi connectivity index (χ0) is 17.4. The normalized spacial score (nSPS) is 12.1. The van der Waals surface area contributed by atoms with Crippen LogP contribution in [0.5, 0.6) is 0 Å². The van der Waals surface area contributed by atoms with Gasteiger partial charge in [-0.2, -0.15) is 0 Å². The van der Waals surface area contributed by atoms with Crippen LogP contribution in [0.4, 0.5) is 4.79 Å². The van der Waals surface area contributed by atoms with Crippen LogP contribution < -0.4 is 5.32 Å². The Morgan fingerprint density at radius 1 is 1.39 bits per heavy atom. The van der Waals surface area contributed by atoms with Gasteiger partial charge >= 0.3 is 12.0 Å². The third kappa shape index (κ3) is 6.17. The lowest BCUT2D eigenvalue weighted by atomic mass is 10.2. The number of carbonyl (C=O) groups excluding carboxylic acids is 2. The molecule has 0 saturated carbocycles. The molecule has 0 spiro atoms. The SMILES string of the molecule is CCC[C@H](NC(=O)N(C)Cc1csc(C(C)C)n1)C(=O)OCC. The van der Waals surface area contributed by atoms with E-state index in [4.69, 9.17) is 4.74 Å². The number of hydrogen-bond donors (Lipinski definition) is 1. The number of nitrogens with zero attached hydrogens (tertiary/aromatic N) is 2. The molecule has 0 aliphatic heterocycles. The summed E-state index contributed by atoms with van der Waals surface area (Å²) in [6.07, 6.45) is 1.35. The molecule has 1 aromatic heterocycles. The molecule has 0 unspecified atom stereocenters. The second-order valence-electron chi connectivity index (χ2n) is 5.73. The van der Waals surface area contributed by atoms with E-state index in [1.807, 2.05) is 12.3 Å². The smallest absolute Gasteiger partial charge is 0.328 e. The molecule has 130 valence electrons. The Morgan fingerprint density at radius 3 is 2.61 bits per heavy atom. The van der Waals surface area contributed by atoms with Gasteiger partial charge in [-0.25, -0.2) is 14.6 Å². The highest BCUT2D eigenvalue weighted by Gasteiger charge is 2.23. The number of nitrogens with one attached hydrogen (secondary N) is 1. The van der Waals surface area contributed by atoms with Crippen LogP contribution in [-0.4, -0.2) is 41.6 Å². The zero-order valence-corrected chi connectivity index (χ0v) is 15.4. The van der Waals surface area contributed by atoms with Gasteiger partial charge in [0, 0.05) is 18.3 Å². The predicted molar refractivity (Wildman–Crippen MR) is 91.5 cm³/mol. The van der Waals surface area contributed by atoms with Gasteiger partial charge < -0.3 is 15.0 Å². The number of rotatable bonds is 8. The molecule has 1 atom stereocenters. The highest BCUT2D eigenvalue weighted by atomic mass is 32.1. The average molecular weight is 341 g/mol. The molecule has 1 N–H and O–H groups in total. The second kappa shape index (κ2) is 9.50. The van der Waals surface area contributed by atoms with Crippen LogP contribution in [0.3, 0.4) is 0 Å². The van der Waals surface area contributed by atoms with Gasteiger partial charge in [0.2, 0.25) is 0 Å². The summed E-state index contributed by atoms with van der Waals surface area (Å²) in [5.41, 5.74) is 0.861. The molecule has 6 nitrogen and oxygen atoms in total. The first-order valence-electron chi connectivity index (χ1n) is 8.01. The Kier molecular flexibility index (Phi) is 8.02. The van der Waals surface area contributed by atoms with E-state index in [0.29, 0.717) is 25.5 Å². The highest BCUT2D eigenvalue weighted by molar-refractivity contribution is 7.09. The summed E-state index contributed by atoms with van der Waals surface area (Å²) in [6.45, 7) is 8.62. The van der Waals surface area contributed by atoms with Gasteiger partial charge in [-0.3, -0.25) is 0 Å². The molecule has 0 aliphatic carbocycles. The molecule has 2 amide bonds. The molecule has 7 heteroatoms. The van der Waals surface area contributed by atoms with Gasteiger partial charge in [0.25, 0.3) is 0 Å². The monoisotopic (exact) mass is 341 g/mol. The number of esters is 1. The Balaban J connectivity index is 2.61. The lowest BCUT2D eigenvalue weighted by Crippen LogP contribution is -2.47. The van der Waals surface area contributed by atoms with Crippen molar-refractivity contribution >= 4 is 23.3 Å². The number of aromatic nitrogens is 1. The molecule has 1 rings (SSSR count). The van der Waals surface area contributed by atoms with Crippen molar-refractivity contribution in [2.45, 2.75) is 59.0 Å². The summed E-state index contributed by atoms with van der Waals surface area (Å²) in [7, 11) is 1.69. The zero-order valence-electron chi connectivity index (χ0n) is 14.6. The fourth-order valence-corrected chi connectivity index (χ4v) is 2.84. The van der Waals surface area contributed by atoms with Crippen molar-refractivity contribution in [1.29, 1.82) is 0 Å². The molecular weight excluding hydrogens is 314 g/mol. The highest BCUT2D eigenvalue weighted by Crippen LogP contribution is 2.19. The molecule has 0 aromatic carbocycles. The van der Waals surface area contributed by atoms with Crippen LogP contribution in [0.2, 0.25) is 0 Å². The quantitative estimate of drug-likeness (QED) is 0.737. The van der Waals surface area contributed by atoms with Gasteiger partial charge in [0.05, 0.1) is 23.9 Å². The van der Waals surface area contributed by atoms with Crippen LogP contribution >= 0.6 is 11.3 Å². The van der Waals surface area contributed by atoms with Gasteiger partial charge in [-0.1, -0.05) is 27.2 Å². The maximum Gasteiger partial charge on any atom is 0.328 e. The van der Waals surface area contributed by atoms with Crippen LogP contribution in [0.25, 0.3) is 0 Å². The lowest BCUT2D eigenvalue weighted by molar-refractivity contribution is -0.145. The van der Waals surface area contributed by atoms with E-state index >= 15 is 0 Å². The predicted octanol–water partition coefficient (Wildman–Crippen LogP) is 3.14. The van der Waals surface area contributed by atoms with Crippen LogP contribution in [0.1, 0.15) is 57.2 Å². The summed E-state index contributed by atoms with van der Waals surface area (Å²) in [6, 6.07) is -0.896. The molecule has 23 heavy (non-hydrogen) atoms. The van der Waals surface area contributed by atoms with E-state index in [1.54, 1.807) is 25.3 Å². The number of amides is 2. The first-order valence-corrected chi connectivity index (χ1v) is 8.89. The molecule has 0 aliphatic rings. The first-order chi connectivity index (χ1) is 10.9. The molecule has 0 radical (unpaired) electrons. The maximum atomic E-state index is 12.3. The molecule has 0 saturated heterocycles. The summed E-state index contributed by atoms with van der Waals surface area (Å²) >= 11 is 1.60. The standard InChI is InChI=1S/C16H27N3O3S/c1-6-8-13(15(20)22-7-2)18-16(21)19(5)9-12-10-23-14(17-12)11(3)4/h10-11,13H,6-9H2,1-5H3,(H,18,21)/t13-/m0/s1. The maximum absolute atomic E-state index is 12.3. The van der Waals surface area contributed by atoms with Gasteiger partial charge in [-0.15, -0.1) is 11.3 Å². The van der Waals surface area contributed by atoms with E-state index in [0.717, 1.165) is 17.1 Å². The summed E-state index contributed by atoms with van der Waals surface area (Å²) in [5.74, 6) is -0.00233. The minimum atomic E-state index is -0.600. The fraction of sp³-hybridized carbons (Fsp3) is 0.688. The topological polar surface area (TPSA) is 71.5 Å². The van der Waals surface area contributed by atoms with Gasteiger partial charge in [-0.05, 0) is 13.3 Å². The van der Waals surface area contributed by atoms with E-state index < -0.39 is 6.04 Å². The molecular formula is C16H27N3O3S. The summed E-state index contributed by atoms with van der Waals surface area (Å²) in [4.78, 5) is 30.2. The first kappa shape index (κ1) is 19.4. The fourth-order valence-electron chi connectivity index (χ4n) is 2.01.